The molecule has 0 radical (unpaired) electrons. The second kappa shape index (κ2) is 8.81. The van der Waals surface area contributed by atoms with Crippen LogP contribution in [-0.4, -0.2) is 48.6 Å². The second-order valence-corrected chi connectivity index (χ2v) is 6.65. The summed E-state index contributed by atoms with van der Waals surface area (Å²) in [5.41, 5.74) is 1.90. The minimum absolute atomic E-state index is 0.326. The third kappa shape index (κ3) is 4.22. The van der Waals surface area contributed by atoms with Crippen molar-refractivity contribution in [2.24, 2.45) is 0 Å². The summed E-state index contributed by atoms with van der Waals surface area (Å²) in [5, 5.41) is 0. The highest BCUT2D eigenvalue weighted by Gasteiger charge is 2.27. The maximum atomic E-state index is 12.1. The lowest BCUT2D eigenvalue weighted by molar-refractivity contribution is 0.0600. The van der Waals surface area contributed by atoms with Gasteiger partial charge in [0, 0.05) is 38.4 Å². The van der Waals surface area contributed by atoms with E-state index in [1.807, 2.05) is 0 Å². The van der Waals surface area contributed by atoms with Gasteiger partial charge in [0.15, 0.2) is 0 Å². The first kappa shape index (κ1) is 18.4. The molecule has 26 heavy (non-hydrogen) atoms. The molecule has 0 unspecified atom stereocenters. The topological polar surface area (TPSA) is 45.7 Å². The fourth-order valence-electron chi connectivity index (χ4n) is 3.71. The van der Waals surface area contributed by atoms with Gasteiger partial charge >= 0.3 is 5.97 Å². The van der Waals surface area contributed by atoms with Gasteiger partial charge in [0.25, 0.3) is 0 Å². The summed E-state index contributed by atoms with van der Waals surface area (Å²) < 4.78 is 4.93. The maximum Gasteiger partial charge on any atom is 0.341 e. The quantitative estimate of drug-likeness (QED) is 0.745. The first-order chi connectivity index (χ1) is 12.7. The van der Waals surface area contributed by atoms with Gasteiger partial charge in [-0.1, -0.05) is 30.3 Å². The van der Waals surface area contributed by atoms with E-state index in [-0.39, 0.29) is 5.97 Å². The second-order valence-electron chi connectivity index (χ2n) is 6.65. The van der Waals surface area contributed by atoms with E-state index in [9.17, 15) is 4.79 Å². The molecular formula is C21H27N3O2. The predicted molar refractivity (Wildman–Crippen MR) is 103 cm³/mol. The molecule has 0 amide bonds. The van der Waals surface area contributed by atoms with Crippen LogP contribution in [0.5, 0.6) is 0 Å². The van der Waals surface area contributed by atoms with Gasteiger partial charge in [-0.05, 0) is 37.5 Å². The van der Waals surface area contributed by atoms with Crippen molar-refractivity contribution in [2.75, 3.05) is 31.6 Å². The molecule has 1 fully saturated rings. The summed E-state index contributed by atoms with van der Waals surface area (Å²) in [6, 6.07) is 14.6. The van der Waals surface area contributed by atoms with Crippen LogP contribution >= 0.6 is 0 Å². The number of anilines is 1. The Morgan fingerprint density at radius 2 is 1.92 bits per heavy atom. The van der Waals surface area contributed by atoms with Gasteiger partial charge in [-0.25, -0.2) is 9.78 Å². The number of rotatable bonds is 6. The molecule has 0 spiro atoms. The van der Waals surface area contributed by atoms with Crippen LogP contribution in [0.4, 0.5) is 5.82 Å². The number of carbonyl (C=O) groups excluding carboxylic acids is 1. The van der Waals surface area contributed by atoms with Crippen molar-refractivity contribution in [3.8, 4) is 0 Å². The van der Waals surface area contributed by atoms with Crippen LogP contribution in [-0.2, 0) is 11.3 Å². The van der Waals surface area contributed by atoms with Crippen molar-refractivity contribution in [1.82, 2.24) is 9.88 Å². The van der Waals surface area contributed by atoms with E-state index < -0.39 is 0 Å². The molecule has 1 aromatic heterocycles. The smallest absolute Gasteiger partial charge is 0.341 e. The van der Waals surface area contributed by atoms with E-state index in [0.717, 1.165) is 44.8 Å². The number of ether oxygens (including phenoxy) is 1. The summed E-state index contributed by atoms with van der Waals surface area (Å²) in [6.07, 6.45) is 3.88. The van der Waals surface area contributed by atoms with Crippen molar-refractivity contribution in [2.45, 2.75) is 32.4 Å². The van der Waals surface area contributed by atoms with Crippen LogP contribution in [0.2, 0.25) is 0 Å². The van der Waals surface area contributed by atoms with E-state index in [1.54, 1.807) is 18.3 Å². The summed E-state index contributed by atoms with van der Waals surface area (Å²) in [6.45, 7) is 6.04. The highest BCUT2D eigenvalue weighted by molar-refractivity contribution is 5.94. The number of pyridine rings is 1. The van der Waals surface area contributed by atoms with Crippen LogP contribution in [0.1, 0.15) is 35.7 Å². The zero-order chi connectivity index (χ0) is 18.4. The Kier molecular flexibility index (Phi) is 6.23. The fraction of sp³-hybridized carbons (Fsp3) is 0.429. The summed E-state index contributed by atoms with van der Waals surface area (Å²) in [5.74, 6) is 0.413. The average molecular weight is 353 g/mol. The number of hydrogen-bond acceptors (Lipinski definition) is 5. The molecule has 0 bridgehead atoms. The maximum absolute atomic E-state index is 12.1. The highest BCUT2D eigenvalue weighted by Crippen LogP contribution is 2.26. The SMILES string of the molecule is CCN(c1ncccc1C(=O)OC)C1CCN(Cc2ccccc2)CC1. The Morgan fingerprint density at radius 1 is 1.19 bits per heavy atom. The number of piperidine rings is 1. The third-order valence-corrected chi connectivity index (χ3v) is 5.05. The minimum Gasteiger partial charge on any atom is -0.465 e. The minimum atomic E-state index is -0.326. The number of benzene rings is 1. The van der Waals surface area contributed by atoms with E-state index in [1.165, 1.54) is 12.7 Å². The van der Waals surface area contributed by atoms with Gasteiger partial charge in [-0.15, -0.1) is 0 Å². The molecule has 5 nitrogen and oxygen atoms in total. The largest absolute Gasteiger partial charge is 0.465 e. The van der Waals surface area contributed by atoms with Crippen molar-refractivity contribution in [1.29, 1.82) is 0 Å². The van der Waals surface area contributed by atoms with Gasteiger partial charge in [0.05, 0.1) is 7.11 Å². The molecule has 2 heterocycles. The molecule has 5 heteroatoms. The lowest BCUT2D eigenvalue weighted by atomic mass is 10.0. The average Bonchev–Trinajstić information content (AvgIpc) is 2.70. The Bertz CT molecular complexity index is 712. The third-order valence-electron chi connectivity index (χ3n) is 5.05. The molecule has 0 saturated carbocycles. The number of carbonyl (C=O) groups is 1. The monoisotopic (exact) mass is 353 g/mol. The molecule has 1 aliphatic rings. The van der Waals surface area contributed by atoms with Gasteiger partial charge in [-0.2, -0.15) is 0 Å². The normalized spacial score (nSPS) is 15.6. The standard InChI is InChI=1S/C21H27N3O2/c1-3-24(20-19(21(25)26-2)10-7-13-22-20)18-11-14-23(15-12-18)16-17-8-5-4-6-9-17/h4-10,13,18H,3,11-12,14-16H2,1-2H3. The van der Waals surface area contributed by atoms with E-state index in [2.05, 4.69) is 52.0 Å². The predicted octanol–water partition coefficient (Wildman–Crippen LogP) is 3.36. The fourth-order valence-corrected chi connectivity index (χ4v) is 3.71. The number of methoxy groups -OCH3 is 1. The van der Waals surface area contributed by atoms with Crippen LogP contribution in [0.3, 0.4) is 0 Å². The number of hydrogen-bond donors (Lipinski definition) is 0. The van der Waals surface area contributed by atoms with Gasteiger partial charge in [-0.3, -0.25) is 4.90 Å². The molecule has 3 rings (SSSR count). The molecule has 1 aliphatic heterocycles. The number of nitrogens with zero attached hydrogens (tertiary/aromatic N) is 3. The Labute approximate surface area is 155 Å². The Balaban J connectivity index is 1.67. The zero-order valence-corrected chi connectivity index (χ0v) is 15.6. The number of aromatic nitrogens is 1. The lowest BCUT2D eigenvalue weighted by Crippen LogP contribution is -2.45. The molecular weight excluding hydrogens is 326 g/mol. The van der Waals surface area contributed by atoms with Crippen molar-refractivity contribution >= 4 is 11.8 Å². The van der Waals surface area contributed by atoms with E-state index in [4.69, 9.17) is 4.74 Å². The Hall–Kier alpha value is -2.40. The summed E-state index contributed by atoms with van der Waals surface area (Å²) >= 11 is 0. The van der Waals surface area contributed by atoms with Crippen molar-refractivity contribution < 1.29 is 9.53 Å². The molecule has 2 aromatic rings. The van der Waals surface area contributed by atoms with Gasteiger partial charge in [0.2, 0.25) is 0 Å². The van der Waals surface area contributed by atoms with Crippen molar-refractivity contribution in [3.63, 3.8) is 0 Å². The molecule has 0 atom stereocenters. The lowest BCUT2D eigenvalue weighted by Gasteiger charge is -2.39. The molecule has 0 aliphatic carbocycles. The Morgan fingerprint density at radius 3 is 2.58 bits per heavy atom. The molecule has 0 N–H and O–H groups in total. The molecule has 138 valence electrons. The van der Waals surface area contributed by atoms with Gasteiger partial charge in [0.1, 0.15) is 11.4 Å². The zero-order valence-electron chi connectivity index (χ0n) is 15.6. The van der Waals surface area contributed by atoms with Crippen molar-refractivity contribution in [3.05, 3.63) is 59.8 Å². The number of likely N-dealkylation sites (tertiary alicyclic amines) is 1. The van der Waals surface area contributed by atoms with Crippen LogP contribution < -0.4 is 4.90 Å². The molecule has 1 saturated heterocycles. The van der Waals surface area contributed by atoms with Crippen LogP contribution in [0.15, 0.2) is 48.7 Å². The van der Waals surface area contributed by atoms with Crippen LogP contribution in [0.25, 0.3) is 0 Å². The summed E-state index contributed by atoms with van der Waals surface area (Å²) in [7, 11) is 1.41. The highest BCUT2D eigenvalue weighted by atomic mass is 16.5. The molecule has 1 aromatic carbocycles. The summed E-state index contributed by atoms with van der Waals surface area (Å²) in [4.78, 5) is 21.3. The van der Waals surface area contributed by atoms with Crippen LogP contribution in [0, 0.1) is 0 Å². The first-order valence-electron chi connectivity index (χ1n) is 9.29. The van der Waals surface area contributed by atoms with E-state index >= 15 is 0 Å². The van der Waals surface area contributed by atoms with E-state index in [0.29, 0.717) is 11.6 Å². The number of esters is 1. The first-order valence-corrected chi connectivity index (χ1v) is 9.29. The van der Waals surface area contributed by atoms with Gasteiger partial charge < -0.3 is 9.64 Å².